The number of carbonyl (C=O) groups is 2. The van der Waals surface area contributed by atoms with Crippen molar-refractivity contribution in [1.29, 1.82) is 5.26 Å². The van der Waals surface area contributed by atoms with Crippen molar-refractivity contribution in [2.75, 3.05) is 17.2 Å². The van der Waals surface area contributed by atoms with Gasteiger partial charge in [-0.2, -0.15) is 5.26 Å². The van der Waals surface area contributed by atoms with Crippen molar-refractivity contribution < 1.29 is 14.0 Å². The average molecular weight is 409 g/mol. The Morgan fingerprint density at radius 1 is 1.31 bits per heavy atom. The Bertz CT molecular complexity index is 1050. The van der Waals surface area contributed by atoms with Crippen molar-refractivity contribution in [3.63, 3.8) is 0 Å². The Morgan fingerprint density at radius 3 is 2.83 bits per heavy atom. The van der Waals surface area contributed by atoms with E-state index in [0.717, 1.165) is 5.56 Å². The number of hydrogen-bond donors (Lipinski definition) is 0. The fourth-order valence-corrected chi connectivity index (χ4v) is 5.46. The molecule has 0 bridgehead atoms. The van der Waals surface area contributed by atoms with Crippen LogP contribution in [-0.4, -0.2) is 29.0 Å². The van der Waals surface area contributed by atoms with Gasteiger partial charge in [-0.15, -0.1) is 11.8 Å². The van der Waals surface area contributed by atoms with Gasteiger partial charge in [-0.25, -0.2) is 4.39 Å². The van der Waals surface area contributed by atoms with Crippen LogP contribution in [-0.2, 0) is 21.0 Å². The van der Waals surface area contributed by atoms with Gasteiger partial charge in [0.1, 0.15) is 5.82 Å². The molecule has 4 rings (SSSR count). The van der Waals surface area contributed by atoms with E-state index in [4.69, 9.17) is 5.26 Å². The molecule has 0 N–H and O–H groups in total. The molecular weight excluding hydrogens is 389 g/mol. The van der Waals surface area contributed by atoms with Crippen LogP contribution in [0.4, 0.5) is 10.1 Å². The summed E-state index contributed by atoms with van der Waals surface area (Å²) < 4.78 is 14.2. The maximum absolute atomic E-state index is 14.2. The molecule has 1 saturated heterocycles. The van der Waals surface area contributed by atoms with Crippen molar-refractivity contribution in [2.45, 2.75) is 25.3 Å². The SMILES string of the molecule is CC(C)C(=O)N1CCS[C@]12C(=O)N(Cc1cccc(C#N)c1)c1ccc(F)cc12. The van der Waals surface area contributed by atoms with E-state index in [0.29, 0.717) is 29.1 Å². The number of hydrogen-bond acceptors (Lipinski definition) is 4. The maximum Gasteiger partial charge on any atom is 0.268 e. The summed E-state index contributed by atoms with van der Waals surface area (Å²) in [6.45, 7) is 4.30. The maximum atomic E-state index is 14.2. The van der Waals surface area contributed by atoms with E-state index in [9.17, 15) is 14.0 Å². The summed E-state index contributed by atoms with van der Waals surface area (Å²) in [5.74, 6) is -0.452. The van der Waals surface area contributed by atoms with Gasteiger partial charge >= 0.3 is 0 Å². The fraction of sp³-hybridized carbons (Fsp3) is 0.318. The summed E-state index contributed by atoms with van der Waals surface area (Å²) in [6, 6.07) is 13.5. The number of benzene rings is 2. The van der Waals surface area contributed by atoms with Crippen molar-refractivity contribution in [3.8, 4) is 6.07 Å². The van der Waals surface area contributed by atoms with Crippen LogP contribution in [0.1, 0.15) is 30.5 Å². The summed E-state index contributed by atoms with van der Waals surface area (Å²) in [5, 5.41) is 9.16. The molecule has 0 saturated carbocycles. The molecule has 2 aromatic carbocycles. The smallest absolute Gasteiger partial charge is 0.268 e. The van der Waals surface area contributed by atoms with Gasteiger partial charge in [0.15, 0.2) is 4.87 Å². The predicted molar refractivity (Wildman–Crippen MR) is 109 cm³/mol. The van der Waals surface area contributed by atoms with E-state index >= 15 is 0 Å². The van der Waals surface area contributed by atoms with Gasteiger partial charge in [-0.1, -0.05) is 26.0 Å². The topological polar surface area (TPSA) is 64.4 Å². The van der Waals surface area contributed by atoms with Gasteiger partial charge in [0.25, 0.3) is 5.91 Å². The Labute approximate surface area is 173 Å². The standard InChI is InChI=1S/C22H20FN3O2S/c1-14(2)20(27)26-8-9-29-22(26)18-11-17(23)6-7-19(18)25(21(22)28)13-16-5-3-4-15(10-16)12-24/h3-7,10-11,14H,8-9,13H2,1-2H3/t22-/m1/s1. The number of fused-ring (bicyclic) bond motifs is 2. The Hall–Kier alpha value is -2.85. The highest BCUT2D eigenvalue weighted by Crippen LogP contribution is 2.54. The van der Waals surface area contributed by atoms with Gasteiger partial charge in [0.2, 0.25) is 5.91 Å². The molecule has 2 aliphatic heterocycles. The van der Waals surface area contributed by atoms with Crippen molar-refractivity contribution in [1.82, 2.24) is 4.90 Å². The first kappa shape index (κ1) is 19.5. The number of halogens is 1. The zero-order chi connectivity index (χ0) is 20.8. The second-order valence-corrected chi connectivity index (χ2v) is 8.79. The number of thioether (sulfide) groups is 1. The van der Waals surface area contributed by atoms with Crippen LogP contribution < -0.4 is 4.90 Å². The van der Waals surface area contributed by atoms with E-state index < -0.39 is 10.7 Å². The minimum Gasteiger partial charge on any atom is -0.315 e. The lowest BCUT2D eigenvalue weighted by molar-refractivity contribution is -0.142. The third-order valence-electron chi connectivity index (χ3n) is 5.31. The first-order valence-corrected chi connectivity index (χ1v) is 10.4. The minimum absolute atomic E-state index is 0.119. The van der Waals surface area contributed by atoms with Crippen LogP contribution in [0.5, 0.6) is 0 Å². The number of carbonyl (C=O) groups excluding carboxylic acids is 2. The first-order valence-electron chi connectivity index (χ1n) is 9.45. The van der Waals surface area contributed by atoms with Crippen LogP contribution >= 0.6 is 11.8 Å². The van der Waals surface area contributed by atoms with E-state index in [-0.39, 0.29) is 24.3 Å². The zero-order valence-electron chi connectivity index (χ0n) is 16.2. The van der Waals surface area contributed by atoms with E-state index in [2.05, 4.69) is 6.07 Å². The summed E-state index contributed by atoms with van der Waals surface area (Å²) >= 11 is 1.38. The predicted octanol–water partition coefficient (Wildman–Crippen LogP) is 3.63. The molecule has 2 aromatic rings. The molecule has 2 amide bonds. The summed E-state index contributed by atoms with van der Waals surface area (Å²) in [7, 11) is 0. The highest BCUT2D eigenvalue weighted by atomic mass is 32.2. The third kappa shape index (κ3) is 2.99. The highest BCUT2D eigenvalue weighted by molar-refractivity contribution is 8.01. The highest BCUT2D eigenvalue weighted by Gasteiger charge is 2.59. The number of anilines is 1. The number of nitriles is 1. The van der Waals surface area contributed by atoms with Gasteiger partial charge in [-0.3, -0.25) is 9.59 Å². The molecule has 0 radical (unpaired) electrons. The lowest BCUT2D eigenvalue weighted by Crippen LogP contribution is -2.51. The molecule has 1 fully saturated rings. The lowest BCUT2D eigenvalue weighted by Gasteiger charge is -2.34. The Balaban J connectivity index is 1.81. The summed E-state index contributed by atoms with van der Waals surface area (Å²) in [4.78, 5) is 28.6. The van der Waals surface area contributed by atoms with Crippen LogP contribution in [0.2, 0.25) is 0 Å². The number of rotatable bonds is 3. The van der Waals surface area contributed by atoms with E-state index in [1.165, 1.54) is 23.9 Å². The molecule has 2 heterocycles. The van der Waals surface area contributed by atoms with Gasteiger partial charge in [0.05, 0.1) is 23.9 Å². The molecule has 29 heavy (non-hydrogen) atoms. The van der Waals surface area contributed by atoms with Crippen LogP contribution in [0.3, 0.4) is 0 Å². The van der Waals surface area contributed by atoms with Crippen molar-refractivity contribution >= 4 is 29.3 Å². The van der Waals surface area contributed by atoms with Gasteiger partial charge in [0, 0.05) is 23.8 Å². The zero-order valence-corrected chi connectivity index (χ0v) is 17.0. The average Bonchev–Trinajstić information content (AvgIpc) is 3.25. The van der Waals surface area contributed by atoms with Crippen LogP contribution in [0, 0.1) is 23.1 Å². The molecule has 0 unspecified atom stereocenters. The van der Waals surface area contributed by atoms with Gasteiger partial charge < -0.3 is 9.80 Å². The second kappa shape index (κ2) is 7.20. The first-order chi connectivity index (χ1) is 13.9. The monoisotopic (exact) mass is 409 g/mol. The minimum atomic E-state index is -1.23. The van der Waals surface area contributed by atoms with Gasteiger partial charge in [-0.05, 0) is 35.9 Å². The Kier molecular flexibility index (Phi) is 4.83. The van der Waals surface area contributed by atoms with E-state index in [1.54, 1.807) is 47.9 Å². The molecule has 1 atom stereocenters. The molecule has 2 aliphatic rings. The molecule has 5 nitrogen and oxygen atoms in total. The largest absolute Gasteiger partial charge is 0.315 e. The Morgan fingerprint density at radius 2 is 2.10 bits per heavy atom. The molecule has 148 valence electrons. The second-order valence-electron chi connectivity index (χ2n) is 7.50. The third-order valence-corrected chi connectivity index (χ3v) is 6.73. The molecule has 7 heteroatoms. The normalized spacial score (nSPS) is 20.4. The quantitative estimate of drug-likeness (QED) is 0.777. The van der Waals surface area contributed by atoms with Crippen LogP contribution in [0.25, 0.3) is 0 Å². The molecule has 0 aromatic heterocycles. The van der Waals surface area contributed by atoms with Crippen LogP contribution in [0.15, 0.2) is 42.5 Å². The van der Waals surface area contributed by atoms with Crippen molar-refractivity contribution in [2.24, 2.45) is 5.92 Å². The fourth-order valence-electron chi connectivity index (χ4n) is 4.00. The molecule has 0 aliphatic carbocycles. The summed E-state index contributed by atoms with van der Waals surface area (Å²) in [5.41, 5.74) is 2.44. The lowest BCUT2D eigenvalue weighted by atomic mass is 10.0. The molecular formula is C22H20FN3O2S. The van der Waals surface area contributed by atoms with Crippen molar-refractivity contribution in [3.05, 3.63) is 65.0 Å². The van der Waals surface area contributed by atoms with E-state index in [1.807, 2.05) is 6.07 Å². The number of nitrogens with zero attached hydrogens (tertiary/aromatic N) is 3. The molecule has 1 spiro atoms. The summed E-state index contributed by atoms with van der Waals surface area (Å²) in [6.07, 6.45) is 0. The number of amides is 2.